The zero-order valence-electron chi connectivity index (χ0n) is 15.3. The molecule has 1 aliphatic rings. The molecule has 1 atom stereocenters. The van der Waals surface area contributed by atoms with Gasteiger partial charge >= 0.3 is 0 Å². The Hall–Kier alpha value is -2.87. The average Bonchev–Trinajstić information content (AvgIpc) is 3.29. The van der Waals surface area contributed by atoms with Crippen molar-refractivity contribution in [2.75, 3.05) is 0 Å². The lowest BCUT2D eigenvalue weighted by atomic mass is 10.1. The van der Waals surface area contributed by atoms with E-state index in [0.29, 0.717) is 22.1 Å². The number of carboxylic acid groups (broad SMARTS) is 1. The topological polar surface area (TPSA) is 73.6 Å². The Morgan fingerprint density at radius 3 is 2.60 bits per heavy atom. The number of furan rings is 1. The number of benzene rings is 2. The molecule has 0 aliphatic carbocycles. The fourth-order valence-corrected chi connectivity index (χ4v) is 4.57. The fraction of sp³-hybridized carbons (Fsp3) is 0.0455. The van der Waals surface area contributed by atoms with E-state index in [4.69, 9.17) is 28.2 Å². The first-order chi connectivity index (χ1) is 14.4. The Morgan fingerprint density at radius 1 is 1.13 bits per heavy atom. The molecule has 0 saturated carbocycles. The first-order valence-electron chi connectivity index (χ1n) is 8.82. The van der Waals surface area contributed by atoms with Gasteiger partial charge in [0.25, 0.3) is 5.91 Å². The van der Waals surface area contributed by atoms with E-state index in [-0.39, 0.29) is 9.23 Å². The number of nitrogens with zero attached hydrogens (tertiary/aromatic N) is 1. The van der Waals surface area contributed by atoms with Crippen LogP contribution in [0.2, 0.25) is 5.02 Å². The van der Waals surface area contributed by atoms with Crippen LogP contribution in [0.25, 0.3) is 17.4 Å². The molecule has 30 heavy (non-hydrogen) atoms. The third kappa shape index (κ3) is 4.05. The van der Waals surface area contributed by atoms with Crippen molar-refractivity contribution in [1.82, 2.24) is 4.90 Å². The molecule has 1 fully saturated rings. The number of hydrogen-bond donors (Lipinski definition) is 0. The summed E-state index contributed by atoms with van der Waals surface area (Å²) in [7, 11) is 0. The highest BCUT2D eigenvalue weighted by Crippen LogP contribution is 2.38. The van der Waals surface area contributed by atoms with E-state index in [1.807, 2.05) is 12.1 Å². The molecule has 1 amide bonds. The van der Waals surface area contributed by atoms with Crippen LogP contribution >= 0.6 is 35.6 Å². The van der Waals surface area contributed by atoms with E-state index >= 15 is 0 Å². The van der Waals surface area contributed by atoms with Gasteiger partial charge in [0.2, 0.25) is 0 Å². The van der Waals surface area contributed by atoms with Crippen LogP contribution in [-0.4, -0.2) is 21.1 Å². The quantitative estimate of drug-likeness (QED) is 0.423. The van der Waals surface area contributed by atoms with E-state index in [2.05, 4.69) is 0 Å². The van der Waals surface area contributed by atoms with Gasteiger partial charge in [0.05, 0.1) is 10.9 Å². The smallest absolute Gasteiger partial charge is 0.267 e. The number of thioether (sulfide) groups is 1. The lowest BCUT2D eigenvalue weighted by Gasteiger charge is -2.27. The van der Waals surface area contributed by atoms with Gasteiger partial charge in [-0.2, -0.15) is 0 Å². The molecule has 0 N–H and O–H groups in total. The van der Waals surface area contributed by atoms with E-state index in [9.17, 15) is 14.7 Å². The van der Waals surface area contributed by atoms with Crippen molar-refractivity contribution in [1.29, 1.82) is 0 Å². The highest BCUT2D eigenvalue weighted by atomic mass is 35.5. The summed E-state index contributed by atoms with van der Waals surface area (Å²) in [6, 6.07) is 17.8. The average molecular weight is 455 g/mol. The molecule has 0 radical (unpaired) electrons. The normalized spacial score (nSPS) is 16.3. The molecule has 4 rings (SSSR count). The highest BCUT2D eigenvalue weighted by molar-refractivity contribution is 8.26. The summed E-state index contributed by atoms with van der Waals surface area (Å²) in [6.07, 6.45) is 1.55. The maximum absolute atomic E-state index is 13.0. The second-order valence-electron chi connectivity index (χ2n) is 6.40. The standard InChI is InChI=1S/C22H14ClNO4S2/c23-15-8-4-7-14(11-15)17-10-9-16(28-17)12-18-20(25)24(22(29)30-18)19(21(26)27)13-5-2-1-3-6-13/h1-12,19H,(H,26,27)/p-1/b18-12+/t19-/m1/s1. The minimum atomic E-state index is -1.40. The summed E-state index contributed by atoms with van der Waals surface area (Å²) >= 11 is 12.3. The lowest BCUT2D eigenvalue weighted by molar-refractivity contribution is -0.310. The molecule has 2 heterocycles. The van der Waals surface area contributed by atoms with Crippen molar-refractivity contribution in [3.05, 3.63) is 88.0 Å². The maximum Gasteiger partial charge on any atom is 0.267 e. The summed E-state index contributed by atoms with van der Waals surface area (Å²) in [6.45, 7) is 0. The summed E-state index contributed by atoms with van der Waals surface area (Å²) in [5.41, 5.74) is 1.21. The zero-order valence-corrected chi connectivity index (χ0v) is 17.7. The predicted octanol–water partition coefficient (Wildman–Crippen LogP) is 4.29. The molecular formula is C22H13ClNO4S2-. The van der Waals surface area contributed by atoms with Crippen LogP contribution in [0, 0.1) is 0 Å². The number of carboxylic acids is 1. The molecule has 150 valence electrons. The van der Waals surface area contributed by atoms with Gasteiger partial charge in [0, 0.05) is 16.7 Å². The number of rotatable bonds is 5. The van der Waals surface area contributed by atoms with E-state index in [0.717, 1.165) is 22.2 Å². The molecule has 3 aromatic rings. The van der Waals surface area contributed by atoms with Crippen LogP contribution in [0.15, 0.2) is 76.1 Å². The zero-order chi connectivity index (χ0) is 21.3. The molecular weight excluding hydrogens is 442 g/mol. The largest absolute Gasteiger partial charge is 0.547 e. The third-order valence-electron chi connectivity index (χ3n) is 4.43. The van der Waals surface area contributed by atoms with Crippen molar-refractivity contribution >= 4 is 57.9 Å². The molecule has 1 aliphatic heterocycles. The number of thiocarbonyl (C=S) groups is 1. The number of carbonyl (C=O) groups is 2. The Labute approximate surface area is 186 Å². The molecule has 1 aromatic heterocycles. The Kier molecular flexibility index (Phi) is 5.76. The fourth-order valence-electron chi connectivity index (χ4n) is 3.08. The van der Waals surface area contributed by atoms with Crippen LogP contribution in [0.1, 0.15) is 17.4 Å². The number of halogens is 1. The van der Waals surface area contributed by atoms with Crippen LogP contribution in [0.4, 0.5) is 0 Å². The van der Waals surface area contributed by atoms with Crippen LogP contribution < -0.4 is 5.11 Å². The minimum Gasteiger partial charge on any atom is -0.547 e. The van der Waals surface area contributed by atoms with Crippen molar-refractivity contribution in [3.8, 4) is 11.3 Å². The van der Waals surface area contributed by atoms with Gasteiger partial charge in [-0.1, -0.05) is 78.0 Å². The Morgan fingerprint density at radius 2 is 1.90 bits per heavy atom. The molecule has 0 unspecified atom stereocenters. The van der Waals surface area contributed by atoms with E-state index < -0.39 is 17.9 Å². The molecule has 0 bridgehead atoms. The molecule has 1 saturated heterocycles. The van der Waals surface area contributed by atoms with Gasteiger partial charge < -0.3 is 14.3 Å². The lowest BCUT2D eigenvalue weighted by Crippen LogP contribution is -2.43. The molecule has 5 nitrogen and oxygen atoms in total. The van der Waals surface area contributed by atoms with E-state index in [1.54, 1.807) is 60.7 Å². The molecule has 2 aromatic carbocycles. The van der Waals surface area contributed by atoms with Crippen LogP contribution in [0.3, 0.4) is 0 Å². The van der Waals surface area contributed by atoms with Gasteiger partial charge in [-0.15, -0.1) is 0 Å². The number of hydrogen-bond acceptors (Lipinski definition) is 6. The van der Waals surface area contributed by atoms with Gasteiger partial charge in [0.1, 0.15) is 21.9 Å². The summed E-state index contributed by atoms with van der Waals surface area (Å²) in [5, 5.41) is 12.4. The minimum absolute atomic E-state index is 0.144. The number of carbonyl (C=O) groups excluding carboxylic acids is 2. The van der Waals surface area contributed by atoms with E-state index in [1.165, 1.54) is 0 Å². The third-order valence-corrected chi connectivity index (χ3v) is 6.00. The van der Waals surface area contributed by atoms with Gasteiger partial charge in [0.15, 0.2) is 0 Å². The first-order valence-corrected chi connectivity index (χ1v) is 10.4. The second-order valence-corrected chi connectivity index (χ2v) is 8.51. The molecule has 8 heteroatoms. The van der Waals surface area contributed by atoms with Crippen molar-refractivity contribution in [3.63, 3.8) is 0 Å². The maximum atomic E-state index is 13.0. The van der Waals surface area contributed by atoms with Gasteiger partial charge in [-0.25, -0.2) is 0 Å². The monoisotopic (exact) mass is 454 g/mol. The van der Waals surface area contributed by atoms with Crippen molar-refractivity contribution < 1.29 is 19.1 Å². The van der Waals surface area contributed by atoms with Gasteiger partial charge in [-0.05, 0) is 29.8 Å². The predicted molar refractivity (Wildman–Crippen MR) is 118 cm³/mol. The van der Waals surface area contributed by atoms with Crippen LogP contribution in [-0.2, 0) is 9.59 Å². The SMILES string of the molecule is O=C([O-])[C@@H](c1ccccc1)N1C(=O)/C(=C\c2ccc(-c3cccc(Cl)c3)o2)SC1=S. The number of amides is 1. The van der Waals surface area contributed by atoms with Crippen molar-refractivity contribution in [2.24, 2.45) is 0 Å². The van der Waals surface area contributed by atoms with Gasteiger partial charge in [-0.3, -0.25) is 9.69 Å². The molecule has 0 spiro atoms. The van der Waals surface area contributed by atoms with Crippen LogP contribution in [0.5, 0.6) is 0 Å². The Bertz CT molecular complexity index is 1170. The summed E-state index contributed by atoms with van der Waals surface area (Å²) < 4.78 is 5.95. The second kappa shape index (κ2) is 8.47. The Balaban J connectivity index is 1.63. The number of aliphatic carboxylic acids is 1. The summed E-state index contributed by atoms with van der Waals surface area (Å²) in [4.78, 5) is 26.1. The highest BCUT2D eigenvalue weighted by Gasteiger charge is 2.38. The van der Waals surface area contributed by atoms with Crippen molar-refractivity contribution in [2.45, 2.75) is 6.04 Å². The first kappa shape index (κ1) is 20.4. The summed E-state index contributed by atoms with van der Waals surface area (Å²) in [5.74, 6) is -0.880.